The van der Waals surface area contributed by atoms with Crippen molar-refractivity contribution in [3.8, 4) is 5.69 Å². The molecule has 0 atom stereocenters. The second-order valence-corrected chi connectivity index (χ2v) is 5.97. The largest absolute Gasteiger partial charge is 0.281 e. The summed E-state index contributed by atoms with van der Waals surface area (Å²) in [6.45, 7) is 1.94. The maximum atomic E-state index is 6.14. The Balaban J connectivity index is 2.32. The SMILES string of the molecule is Cc1nn(C)c2c1nc(CCCl)n2-c1ccc(Cl)c(Cl)c1. The number of benzene rings is 1. The van der Waals surface area contributed by atoms with Crippen molar-refractivity contribution in [2.75, 3.05) is 5.88 Å². The number of imidazole rings is 1. The summed E-state index contributed by atoms with van der Waals surface area (Å²) in [7, 11) is 1.90. The molecular weight excluding hydrogens is 331 g/mol. The van der Waals surface area contributed by atoms with Crippen LogP contribution >= 0.6 is 34.8 Å². The highest BCUT2D eigenvalue weighted by Gasteiger charge is 2.18. The third kappa shape index (κ3) is 2.41. The molecule has 21 heavy (non-hydrogen) atoms. The molecule has 0 N–H and O–H groups in total. The van der Waals surface area contributed by atoms with Crippen LogP contribution in [0.5, 0.6) is 0 Å². The number of hydrogen-bond donors (Lipinski definition) is 0. The molecule has 2 heterocycles. The first-order chi connectivity index (χ1) is 10.0. The fraction of sp³-hybridized carbons (Fsp3) is 0.286. The van der Waals surface area contributed by atoms with E-state index in [4.69, 9.17) is 34.8 Å². The molecule has 0 aliphatic carbocycles. The van der Waals surface area contributed by atoms with E-state index in [0.29, 0.717) is 22.3 Å². The van der Waals surface area contributed by atoms with Gasteiger partial charge >= 0.3 is 0 Å². The fourth-order valence-corrected chi connectivity index (χ4v) is 2.93. The number of aryl methyl sites for hydroxylation is 3. The minimum absolute atomic E-state index is 0.497. The monoisotopic (exact) mass is 342 g/mol. The third-order valence-corrected chi connectivity index (χ3v) is 4.28. The van der Waals surface area contributed by atoms with Gasteiger partial charge in [-0.15, -0.1) is 11.6 Å². The Morgan fingerprint density at radius 1 is 1.19 bits per heavy atom. The van der Waals surface area contributed by atoms with Gasteiger partial charge in [0.1, 0.15) is 11.3 Å². The molecule has 3 rings (SSSR count). The van der Waals surface area contributed by atoms with E-state index >= 15 is 0 Å². The van der Waals surface area contributed by atoms with E-state index in [1.807, 2.05) is 35.4 Å². The Morgan fingerprint density at radius 2 is 1.95 bits per heavy atom. The van der Waals surface area contributed by atoms with Crippen LogP contribution in [0.2, 0.25) is 10.0 Å². The predicted octanol–water partition coefficient (Wildman–Crippen LogP) is 4.16. The summed E-state index contributed by atoms with van der Waals surface area (Å²) in [6.07, 6.45) is 0.663. The summed E-state index contributed by atoms with van der Waals surface area (Å²) in [4.78, 5) is 4.67. The Labute approximate surface area is 137 Å². The molecule has 1 aromatic carbocycles. The van der Waals surface area contributed by atoms with E-state index in [9.17, 15) is 0 Å². The quantitative estimate of drug-likeness (QED) is 0.670. The molecule has 2 aromatic heterocycles. The molecule has 0 fully saturated rings. The Kier molecular flexibility index (Phi) is 3.86. The van der Waals surface area contributed by atoms with Gasteiger partial charge in [-0.2, -0.15) is 5.10 Å². The molecule has 0 amide bonds. The summed E-state index contributed by atoms with van der Waals surface area (Å²) in [5.41, 5.74) is 3.59. The lowest BCUT2D eigenvalue weighted by atomic mass is 10.3. The molecule has 7 heteroatoms. The van der Waals surface area contributed by atoms with Crippen LogP contribution in [0, 0.1) is 6.92 Å². The first-order valence-corrected chi connectivity index (χ1v) is 7.74. The summed E-state index contributed by atoms with van der Waals surface area (Å²) in [5, 5.41) is 5.45. The molecule has 0 saturated heterocycles. The van der Waals surface area contributed by atoms with Crippen molar-refractivity contribution >= 4 is 46.0 Å². The van der Waals surface area contributed by atoms with Gasteiger partial charge in [-0.25, -0.2) is 9.67 Å². The lowest BCUT2D eigenvalue weighted by Crippen LogP contribution is -2.06. The topological polar surface area (TPSA) is 35.6 Å². The zero-order chi connectivity index (χ0) is 15.1. The van der Waals surface area contributed by atoms with Crippen LogP contribution in [0.3, 0.4) is 0 Å². The van der Waals surface area contributed by atoms with Crippen LogP contribution in [0.1, 0.15) is 11.5 Å². The van der Waals surface area contributed by atoms with Gasteiger partial charge in [0.15, 0.2) is 5.65 Å². The average Bonchev–Trinajstić information content (AvgIpc) is 2.93. The van der Waals surface area contributed by atoms with Gasteiger partial charge in [0.25, 0.3) is 0 Å². The summed E-state index contributed by atoms with van der Waals surface area (Å²) in [6, 6.07) is 5.51. The van der Waals surface area contributed by atoms with Gasteiger partial charge in [0.2, 0.25) is 0 Å². The lowest BCUT2D eigenvalue weighted by Gasteiger charge is -2.10. The first kappa shape index (κ1) is 14.7. The molecule has 3 aromatic rings. The second-order valence-electron chi connectivity index (χ2n) is 4.78. The van der Waals surface area contributed by atoms with Gasteiger partial charge in [-0.05, 0) is 25.1 Å². The summed E-state index contributed by atoms with van der Waals surface area (Å²) < 4.78 is 3.85. The van der Waals surface area contributed by atoms with Gasteiger partial charge in [-0.3, -0.25) is 4.57 Å². The highest BCUT2D eigenvalue weighted by Crippen LogP contribution is 2.28. The molecule has 0 aliphatic heterocycles. The number of hydrogen-bond acceptors (Lipinski definition) is 2. The zero-order valence-electron chi connectivity index (χ0n) is 11.6. The van der Waals surface area contributed by atoms with Crippen molar-refractivity contribution in [1.82, 2.24) is 19.3 Å². The van der Waals surface area contributed by atoms with Crippen molar-refractivity contribution in [3.05, 3.63) is 39.8 Å². The Hall–Kier alpha value is -1.23. The zero-order valence-corrected chi connectivity index (χ0v) is 13.8. The molecule has 0 bridgehead atoms. The molecule has 0 radical (unpaired) electrons. The fourth-order valence-electron chi connectivity index (χ4n) is 2.47. The van der Waals surface area contributed by atoms with Gasteiger partial charge in [0.05, 0.1) is 21.4 Å². The number of alkyl halides is 1. The maximum Gasteiger partial charge on any atom is 0.163 e. The lowest BCUT2D eigenvalue weighted by molar-refractivity contribution is 0.751. The van der Waals surface area contributed by atoms with Crippen molar-refractivity contribution in [3.63, 3.8) is 0 Å². The standard InChI is InChI=1S/C14H13Cl3N4/c1-8-13-14(20(2)19-8)21(12(18-13)5-6-15)9-3-4-10(16)11(17)7-9/h3-4,7H,5-6H2,1-2H3. The van der Waals surface area contributed by atoms with Crippen LogP contribution in [-0.4, -0.2) is 25.2 Å². The van der Waals surface area contributed by atoms with E-state index < -0.39 is 0 Å². The third-order valence-electron chi connectivity index (χ3n) is 3.35. The van der Waals surface area contributed by atoms with Crippen molar-refractivity contribution < 1.29 is 0 Å². The van der Waals surface area contributed by atoms with Crippen molar-refractivity contribution in [2.45, 2.75) is 13.3 Å². The van der Waals surface area contributed by atoms with Crippen molar-refractivity contribution in [2.24, 2.45) is 7.05 Å². The van der Waals surface area contributed by atoms with Crippen LogP contribution in [-0.2, 0) is 13.5 Å². The smallest absolute Gasteiger partial charge is 0.163 e. The number of aromatic nitrogens is 4. The maximum absolute atomic E-state index is 6.14. The molecule has 0 saturated carbocycles. The Bertz CT molecular complexity index is 819. The van der Waals surface area contributed by atoms with Gasteiger partial charge in [-0.1, -0.05) is 23.2 Å². The summed E-state index contributed by atoms with van der Waals surface area (Å²) >= 11 is 18.0. The summed E-state index contributed by atoms with van der Waals surface area (Å²) in [5.74, 6) is 1.38. The van der Waals surface area contributed by atoms with Crippen LogP contribution in [0.15, 0.2) is 18.2 Å². The van der Waals surface area contributed by atoms with Crippen LogP contribution in [0.4, 0.5) is 0 Å². The van der Waals surface area contributed by atoms with Crippen LogP contribution in [0.25, 0.3) is 16.9 Å². The van der Waals surface area contributed by atoms with E-state index in [0.717, 1.165) is 28.4 Å². The average molecular weight is 344 g/mol. The minimum Gasteiger partial charge on any atom is -0.281 e. The molecule has 110 valence electrons. The van der Waals surface area contributed by atoms with Crippen molar-refractivity contribution in [1.29, 1.82) is 0 Å². The van der Waals surface area contributed by atoms with E-state index in [2.05, 4.69) is 10.1 Å². The molecule has 0 spiro atoms. The molecule has 0 unspecified atom stereocenters. The second kappa shape index (κ2) is 5.52. The minimum atomic E-state index is 0.497. The molecule has 0 aliphatic rings. The number of rotatable bonds is 3. The first-order valence-electron chi connectivity index (χ1n) is 6.45. The normalized spacial score (nSPS) is 11.5. The number of nitrogens with zero attached hydrogens (tertiary/aromatic N) is 4. The molecule has 4 nitrogen and oxygen atoms in total. The molecular formula is C14H13Cl3N4. The highest BCUT2D eigenvalue weighted by atomic mass is 35.5. The van der Waals surface area contributed by atoms with E-state index in [1.165, 1.54) is 0 Å². The Morgan fingerprint density at radius 3 is 2.62 bits per heavy atom. The van der Waals surface area contributed by atoms with Crippen LogP contribution < -0.4 is 0 Å². The van der Waals surface area contributed by atoms with E-state index in [-0.39, 0.29) is 0 Å². The number of halogens is 3. The van der Waals surface area contributed by atoms with Gasteiger partial charge < -0.3 is 0 Å². The highest BCUT2D eigenvalue weighted by molar-refractivity contribution is 6.42. The number of fused-ring (bicyclic) bond motifs is 1. The van der Waals surface area contributed by atoms with E-state index in [1.54, 1.807) is 6.07 Å². The predicted molar refractivity (Wildman–Crippen MR) is 87.0 cm³/mol. The van der Waals surface area contributed by atoms with Gasteiger partial charge in [0, 0.05) is 19.3 Å².